The van der Waals surface area contributed by atoms with Crippen LogP contribution in [0.3, 0.4) is 0 Å². The van der Waals surface area contributed by atoms with Crippen LogP contribution in [0.2, 0.25) is 0 Å². The molecule has 0 amide bonds. The SMILES string of the molecule is Cn1ncc2c(C(F)F)cc(-c3ccc4c(c3)OCO4)nc21. The molecule has 112 valence electrons. The summed E-state index contributed by atoms with van der Waals surface area (Å²) < 4.78 is 38.7. The Balaban J connectivity index is 1.93. The number of ether oxygens (including phenoxy) is 2. The molecule has 2 aromatic heterocycles. The molecule has 5 nitrogen and oxygen atoms in total. The number of aromatic nitrogens is 3. The summed E-state index contributed by atoms with van der Waals surface area (Å²) in [6, 6.07) is 6.65. The van der Waals surface area contributed by atoms with Gasteiger partial charge in [0.1, 0.15) is 0 Å². The van der Waals surface area contributed by atoms with Gasteiger partial charge in [0, 0.05) is 23.6 Å². The molecule has 0 aliphatic carbocycles. The molecule has 0 saturated heterocycles. The third kappa shape index (κ3) is 1.89. The molecular weight excluding hydrogens is 292 g/mol. The van der Waals surface area contributed by atoms with Crippen molar-refractivity contribution >= 4 is 11.0 Å². The molecule has 0 N–H and O–H groups in total. The molecule has 0 spiro atoms. The Hall–Kier alpha value is -2.70. The van der Waals surface area contributed by atoms with Gasteiger partial charge in [-0.05, 0) is 24.3 Å². The van der Waals surface area contributed by atoms with Gasteiger partial charge in [-0.15, -0.1) is 0 Å². The Labute approximate surface area is 124 Å². The van der Waals surface area contributed by atoms with Crippen molar-refractivity contribution in [1.82, 2.24) is 14.8 Å². The van der Waals surface area contributed by atoms with Crippen molar-refractivity contribution in [3.63, 3.8) is 0 Å². The van der Waals surface area contributed by atoms with Crippen LogP contribution < -0.4 is 9.47 Å². The van der Waals surface area contributed by atoms with Gasteiger partial charge in [-0.1, -0.05) is 0 Å². The molecule has 0 radical (unpaired) electrons. The molecule has 0 saturated carbocycles. The Kier molecular flexibility index (Phi) is 2.75. The predicted molar refractivity (Wildman–Crippen MR) is 75.0 cm³/mol. The van der Waals surface area contributed by atoms with E-state index in [9.17, 15) is 8.78 Å². The van der Waals surface area contributed by atoms with Crippen LogP contribution in [-0.4, -0.2) is 21.6 Å². The third-order valence-electron chi connectivity index (χ3n) is 3.64. The number of nitrogens with zero attached hydrogens (tertiary/aromatic N) is 3. The van der Waals surface area contributed by atoms with E-state index in [0.29, 0.717) is 33.8 Å². The zero-order chi connectivity index (χ0) is 15.3. The minimum atomic E-state index is -2.59. The number of fused-ring (bicyclic) bond motifs is 2. The third-order valence-corrected chi connectivity index (χ3v) is 3.64. The van der Waals surface area contributed by atoms with Crippen molar-refractivity contribution in [2.75, 3.05) is 6.79 Å². The van der Waals surface area contributed by atoms with Crippen molar-refractivity contribution < 1.29 is 18.3 Å². The Morgan fingerprint density at radius 2 is 2.00 bits per heavy atom. The maximum Gasteiger partial charge on any atom is 0.264 e. The van der Waals surface area contributed by atoms with E-state index in [-0.39, 0.29) is 12.4 Å². The van der Waals surface area contributed by atoms with Crippen LogP contribution >= 0.6 is 0 Å². The first-order chi connectivity index (χ1) is 10.6. The summed E-state index contributed by atoms with van der Waals surface area (Å²) in [6.45, 7) is 0.162. The van der Waals surface area contributed by atoms with Gasteiger partial charge in [-0.25, -0.2) is 13.8 Å². The number of hydrogen-bond acceptors (Lipinski definition) is 4. The minimum absolute atomic E-state index is 0.0780. The van der Waals surface area contributed by atoms with Gasteiger partial charge in [0.15, 0.2) is 17.1 Å². The van der Waals surface area contributed by atoms with E-state index in [1.165, 1.54) is 16.9 Å². The lowest BCUT2D eigenvalue weighted by Crippen LogP contribution is -1.96. The van der Waals surface area contributed by atoms with Crippen LogP contribution in [0.15, 0.2) is 30.5 Å². The summed E-state index contributed by atoms with van der Waals surface area (Å²) in [5, 5.41) is 4.37. The lowest BCUT2D eigenvalue weighted by atomic mass is 10.1. The van der Waals surface area contributed by atoms with Crippen molar-refractivity contribution in [2.24, 2.45) is 7.05 Å². The fourth-order valence-electron chi connectivity index (χ4n) is 2.52. The average Bonchev–Trinajstić information content (AvgIpc) is 3.12. The van der Waals surface area contributed by atoms with Crippen LogP contribution in [0, 0.1) is 0 Å². The number of rotatable bonds is 2. The van der Waals surface area contributed by atoms with Gasteiger partial charge >= 0.3 is 0 Å². The fourth-order valence-corrected chi connectivity index (χ4v) is 2.52. The lowest BCUT2D eigenvalue weighted by Gasteiger charge is -2.07. The van der Waals surface area contributed by atoms with E-state index in [1.54, 1.807) is 25.2 Å². The summed E-state index contributed by atoms with van der Waals surface area (Å²) >= 11 is 0. The number of alkyl halides is 2. The van der Waals surface area contributed by atoms with E-state index < -0.39 is 6.43 Å². The average molecular weight is 303 g/mol. The molecule has 0 fully saturated rings. The number of benzene rings is 1. The van der Waals surface area contributed by atoms with Gasteiger partial charge in [0.05, 0.1) is 11.9 Å². The number of pyridine rings is 1. The second-order valence-corrected chi connectivity index (χ2v) is 4.97. The number of halogens is 2. The molecule has 1 aromatic carbocycles. The highest BCUT2D eigenvalue weighted by atomic mass is 19.3. The molecular formula is C15H11F2N3O2. The van der Waals surface area contributed by atoms with Crippen LogP contribution in [0.1, 0.15) is 12.0 Å². The summed E-state index contributed by atoms with van der Waals surface area (Å²) in [5.41, 5.74) is 1.48. The van der Waals surface area contributed by atoms with E-state index in [0.717, 1.165) is 0 Å². The molecule has 0 unspecified atom stereocenters. The van der Waals surface area contributed by atoms with Crippen molar-refractivity contribution in [3.05, 3.63) is 36.0 Å². The zero-order valence-electron chi connectivity index (χ0n) is 11.6. The predicted octanol–water partition coefficient (Wildman–Crippen LogP) is 3.30. The maximum atomic E-state index is 13.3. The summed E-state index contributed by atoms with van der Waals surface area (Å²) in [6.07, 6.45) is -1.18. The molecule has 0 atom stereocenters. The highest BCUT2D eigenvalue weighted by Gasteiger charge is 2.19. The van der Waals surface area contributed by atoms with E-state index in [1.807, 2.05) is 0 Å². The normalized spacial score (nSPS) is 13.3. The van der Waals surface area contributed by atoms with Gasteiger partial charge in [-0.3, -0.25) is 4.68 Å². The molecule has 22 heavy (non-hydrogen) atoms. The van der Waals surface area contributed by atoms with Crippen molar-refractivity contribution in [2.45, 2.75) is 6.43 Å². The first kappa shape index (κ1) is 13.0. The molecule has 4 rings (SSSR count). The molecule has 3 aromatic rings. The number of hydrogen-bond donors (Lipinski definition) is 0. The Morgan fingerprint density at radius 1 is 1.18 bits per heavy atom. The zero-order valence-corrected chi connectivity index (χ0v) is 11.6. The highest BCUT2D eigenvalue weighted by molar-refractivity contribution is 5.83. The van der Waals surface area contributed by atoms with Crippen molar-refractivity contribution in [1.29, 1.82) is 0 Å². The van der Waals surface area contributed by atoms with Gasteiger partial charge in [0.25, 0.3) is 6.43 Å². The molecule has 1 aliphatic rings. The summed E-state index contributed by atoms with van der Waals surface area (Å²) in [5.74, 6) is 1.22. The quantitative estimate of drug-likeness (QED) is 0.729. The van der Waals surface area contributed by atoms with Crippen LogP contribution in [0.5, 0.6) is 11.5 Å². The standard InChI is InChI=1S/C15H11F2N3O2/c1-20-15-10(6-18-20)9(14(16)17)5-11(19-15)8-2-3-12-13(4-8)22-7-21-12/h2-6,14H,7H2,1H3. The molecule has 0 bridgehead atoms. The van der Waals surface area contributed by atoms with E-state index >= 15 is 0 Å². The smallest absolute Gasteiger partial charge is 0.264 e. The van der Waals surface area contributed by atoms with Crippen molar-refractivity contribution in [3.8, 4) is 22.8 Å². The van der Waals surface area contributed by atoms with Gasteiger partial charge in [0.2, 0.25) is 6.79 Å². The molecule has 1 aliphatic heterocycles. The Bertz CT molecular complexity index is 877. The maximum absolute atomic E-state index is 13.3. The summed E-state index contributed by atoms with van der Waals surface area (Å²) in [7, 11) is 1.67. The largest absolute Gasteiger partial charge is 0.454 e. The monoisotopic (exact) mass is 303 g/mol. The van der Waals surface area contributed by atoms with Gasteiger partial charge < -0.3 is 9.47 Å². The number of aryl methyl sites for hydroxylation is 1. The molecule has 3 heterocycles. The van der Waals surface area contributed by atoms with Crippen LogP contribution in [0.4, 0.5) is 8.78 Å². The topological polar surface area (TPSA) is 49.2 Å². The Morgan fingerprint density at radius 3 is 2.82 bits per heavy atom. The molecule has 7 heteroatoms. The van der Waals surface area contributed by atoms with Crippen LogP contribution in [-0.2, 0) is 7.05 Å². The summed E-state index contributed by atoms with van der Waals surface area (Å²) in [4.78, 5) is 4.44. The van der Waals surface area contributed by atoms with E-state index in [4.69, 9.17) is 9.47 Å². The van der Waals surface area contributed by atoms with Crippen LogP contribution in [0.25, 0.3) is 22.3 Å². The van der Waals surface area contributed by atoms with E-state index in [2.05, 4.69) is 10.1 Å². The fraction of sp³-hybridized carbons (Fsp3) is 0.200. The van der Waals surface area contributed by atoms with Gasteiger partial charge in [-0.2, -0.15) is 5.10 Å². The first-order valence-corrected chi connectivity index (χ1v) is 6.64. The first-order valence-electron chi connectivity index (χ1n) is 6.64. The minimum Gasteiger partial charge on any atom is -0.454 e. The highest BCUT2D eigenvalue weighted by Crippen LogP contribution is 2.37. The lowest BCUT2D eigenvalue weighted by molar-refractivity contribution is 0.153. The second kappa shape index (κ2) is 4.66. The second-order valence-electron chi connectivity index (χ2n) is 4.97.